The number of carbonyl (C=O) groups excluding carboxylic acids is 2. The zero-order valence-electron chi connectivity index (χ0n) is 19.9. The number of phenolic OH excluding ortho intramolecular Hbond substituents is 2. The van der Waals surface area contributed by atoms with Crippen molar-refractivity contribution in [2.75, 3.05) is 20.3 Å². The summed E-state index contributed by atoms with van der Waals surface area (Å²) in [6.45, 7) is 5.39. The van der Waals surface area contributed by atoms with Crippen molar-refractivity contribution in [1.29, 1.82) is 0 Å². The molecule has 3 aromatic rings. The highest BCUT2D eigenvalue weighted by atomic mass is 16.6. The van der Waals surface area contributed by atoms with E-state index < -0.39 is 17.9 Å². The van der Waals surface area contributed by atoms with E-state index >= 15 is 0 Å². The van der Waals surface area contributed by atoms with Gasteiger partial charge in [0.05, 0.1) is 23.5 Å². The second-order valence-corrected chi connectivity index (χ2v) is 7.85. The van der Waals surface area contributed by atoms with Crippen LogP contribution in [0.3, 0.4) is 0 Å². The monoisotopic (exact) mass is 490 g/mol. The zero-order chi connectivity index (χ0) is 26.1. The fourth-order valence-electron chi connectivity index (χ4n) is 3.00. The highest BCUT2D eigenvalue weighted by Crippen LogP contribution is 2.28. The molecule has 9 nitrogen and oxygen atoms in total. The van der Waals surface area contributed by atoms with E-state index in [1.165, 1.54) is 49.6 Å². The van der Waals surface area contributed by atoms with Crippen LogP contribution in [-0.4, -0.2) is 48.4 Å². The van der Waals surface area contributed by atoms with Gasteiger partial charge < -0.3 is 24.4 Å². The minimum atomic E-state index is -0.591. The third kappa shape index (κ3) is 7.25. The number of benzene rings is 3. The van der Waals surface area contributed by atoms with Crippen molar-refractivity contribution in [2.24, 2.45) is 10.2 Å². The van der Waals surface area contributed by atoms with Gasteiger partial charge in [-0.05, 0) is 73.7 Å². The van der Waals surface area contributed by atoms with Crippen LogP contribution >= 0.6 is 0 Å². The fourth-order valence-corrected chi connectivity index (χ4v) is 3.00. The predicted molar refractivity (Wildman–Crippen MR) is 132 cm³/mol. The lowest BCUT2D eigenvalue weighted by atomic mass is 10.0. The Balaban J connectivity index is 1.64. The van der Waals surface area contributed by atoms with Gasteiger partial charge in [0.15, 0.2) is 11.9 Å². The number of ketones is 1. The molecular formula is C27H26N2O7. The van der Waals surface area contributed by atoms with E-state index in [2.05, 4.69) is 16.8 Å². The Bertz CT molecular complexity index is 1250. The molecule has 0 bridgehead atoms. The van der Waals surface area contributed by atoms with Crippen molar-refractivity contribution in [3.63, 3.8) is 0 Å². The number of hydrogen-bond donors (Lipinski definition) is 2. The second kappa shape index (κ2) is 12.3. The number of ether oxygens (including phenoxy) is 3. The number of nitrogens with zero attached hydrogens (tertiary/aromatic N) is 2. The molecule has 9 heteroatoms. The Morgan fingerprint density at radius 3 is 2.19 bits per heavy atom. The molecule has 0 heterocycles. The fraction of sp³-hybridized carbons (Fsp3) is 0.185. The molecule has 0 amide bonds. The molecule has 186 valence electrons. The van der Waals surface area contributed by atoms with E-state index in [0.29, 0.717) is 22.7 Å². The molecule has 3 aromatic carbocycles. The van der Waals surface area contributed by atoms with Gasteiger partial charge in [0.1, 0.15) is 23.9 Å². The quantitative estimate of drug-likeness (QED) is 0.162. The second-order valence-electron chi connectivity index (χ2n) is 7.85. The number of methoxy groups -OCH3 is 1. The van der Waals surface area contributed by atoms with E-state index in [-0.39, 0.29) is 35.8 Å². The maximum atomic E-state index is 12.7. The van der Waals surface area contributed by atoms with Crippen molar-refractivity contribution >= 4 is 23.1 Å². The maximum Gasteiger partial charge on any atom is 0.333 e. The van der Waals surface area contributed by atoms with E-state index in [1.807, 2.05) is 0 Å². The molecular weight excluding hydrogens is 464 g/mol. The van der Waals surface area contributed by atoms with Gasteiger partial charge in [0.2, 0.25) is 0 Å². The van der Waals surface area contributed by atoms with E-state index in [1.54, 1.807) is 31.2 Å². The summed E-state index contributed by atoms with van der Waals surface area (Å²) in [6, 6.07) is 16.8. The molecule has 3 rings (SSSR count). The van der Waals surface area contributed by atoms with Crippen molar-refractivity contribution in [3.05, 3.63) is 90.0 Å². The van der Waals surface area contributed by atoms with Gasteiger partial charge >= 0.3 is 5.97 Å². The summed E-state index contributed by atoms with van der Waals surface area (Å²) in [7, 11) is 1.50. The van der Waals surface area contributed by atoms with Gasteiger partial charge in [-0.1, -0.05) is 6.58 Å². The van der Waals surface area contributed by atoms with Crippen molar-refractivity contribution in [1.82, 2.24) is 0 Å². The molecule has 0 aliphatic carbocycles. The molecule has 0 fully saturated rings. The molecule has 0 aliphatic rings. The van der Waals surface area contributed by atoms with Crippen LogP contribution in [0.5, 0.6) is 17.2 Å². The number of aromatic hydroxyl groups is 2. The average Bonchev–Trinajstić information content (AvgIpc) is 2.87. The van der Waals surface area contributed by atoms with Gasteiger partial charge in [-0.15, -0.1) is 0 Å². The number of rotatable bonds is 11. The molecule has 0 saturated carbocycles. The topological polar surface area (TPSA) is 127 Å². The van der Waals surface area contributed by atoms with Crippen LogP contribution in [0.1, 0.15) is 22.8 Å². The lowest BCUT2D eigenvalue weighted by Crippen LogP contribution is -2.29. The van der Waals surface area contributed by atoms with Crippen molar-refractivity contribution in [2.45, 2.75) is 13.0 Å². The van der Waals surface area contributed by atoms with Crippen LogP contribution in [-0.2, 0) is 14.3 Å². The first-order valence-electron chi connectivity index (χ1n) is 10.9. The number of esters is 1. The highest BCUT2D eigenvalue weighted by Gasteiger charge is 2.16. The van der Waals surface area contributed by atoms with Gasteiger partial charge in [-0.2, -0.15) is 10.2 Å². The smallest absolute Gasteiger partial charge is 0.333 e. The van der Waals surface area contributed by atoms with Gasteiger partial charge in [0, 0.05) is 18.2 Å². The number of hydrogen-bond acceptors (Lipinski definition) is 9. The van der Waals surface area contributed by atoms with Crippen molar-refractivity contribution in [3.8, 4) is 17.2 Å². The lowest BCUT2D eigenvalue weighted by Gasteiger charge is -2.17. The first-order valence-corrected chi connectivity index (χ1v) is 10.9. The van der Waals surface area contributed by atoms with Gasteiger partial charge in [0.25, 0.3) is 0 Å². The molecule has 0 spiro atoms. The highest BCUT2D eigenvalue weighted by molar-refractivity contribution is 6.11. The average molecular weight is 491 g/mol. The number of phenols is 2. The van der Waals surface area contributed by atoms with Crippen LogP contribution in [0.25, 0.3) is 0 Å². The Hall–Kier alpha value is -4.50. The molecule has 1 unspecified atom stereocenters. The standard InChI is InChI=1S/C27H26N2O7/c1-17(2)27(33)36-23(15-34-3)16-35-22-11-6-19(7-12-22)28-29-20-8-13-25(31)24(14-20)26(32)18-4-9-21(30)10-5-18/h4-14,23,30-31H,1,15-16H2,2-3H3. The number of azo groups is 1. The van der Waals surface area contributed by atoms with E-state index in [4.69, 9.17) is 14.2 Å². The van der Waals surface area contributed by atoms with E-state index in [9.17, 15) is 19.8 Å². The van der Waals surface area contributed by atoms with Crippen LogP contribution in [0, 0.1) is 0 Å². The third-order valence-electron chi connectivity index (χ3n) is 4.88. The summed E-state index contributed by atoms with van der Waals surface area (Å²) in [6.07, 6.45) is -0.591. The first kappa shape index (κ1) is 26.1. The Labute approximate surface area is 208 Å². The van der Waals surface area contributed by atoms with Gasteiger partial charge in [-0.25, -0.2) is 4.79 Å². The summed E-state index contributed by atoms with van der Waals surface area (Å²) in [5.41, 5.74) is 1.58. The molecule has 0 radical (unpaired) electrons. The molecule has 0 saturated heterocycles. The SMILES string of the molecule is C=C(C)C(=O)OC(COC)COc1ccc(N=Nc2ccc(O)c(C(=O)c3ccc(O)cc3)c2)cc1. The van der Waals surface area contributed by atoms with E-state index in [0.717, 1.165) is 0 Å². The third-order valence-corrected chi connectivity index (χ3v) is 4.88. The van der Waals surface area contributed by atoms with Crippen LogP contribution < -0.4 is 4.74 Å². The summed E-state index contributed by atoms with van der Waals surface area (Å²) < 4.78 is 16.0. The normalized spacial score (nSPS) is 11.7. The largest absolute Gasteiger partial charge is 0.508 e. The molecule has 0 aliphatic heterocycles. The number of carbonyl (C=O) groups is 2. The molecule has 2 N–H and O–H groups in total. The molecule has 0 aromatic heterocycles. The summed E-state index contributed by atoms with van der Waals surface area (Å²) in [5, 5.41) is 27.9. The van der Waals surface area contributed by atoms with Crippen LogP contribution in [0.4, 0.5) is 11.4 Å². The Morgan fingerprint density at radius 1 is 0.917 bits per heavy atom. The zero-order valence-corrected chi connectivity index (χ0v) is 19.9. The van der Waals surface area contributed by atoms with Crippen molar-refractivity contribution < 1.29 is 34.0 Å². The van der Waals surface area contributed by atoms with Crippen LogP contribution in [0.15, 0.2) is 89.1 Å². The summed E-state index contributed by atoms with van der Waals surface area (Å²) >= 11 is 0. The maximum absolute atomic E-state index is 12.7. The minimum Gasteiger partial charge on any atom is -0.508 e. The molecule has 1 atom stereocenters. The minimum absolute atomic E-state index is 0.0377. The van der Waals surface area contributed by atoms with Gasteiger partial charge in [-0.3, -0.25) is 4.79 Å². The predicted octanol–water partition coefficient (Wildman–Crippen LogP) is 5.26. The molecule has 36 heavy (non-hydrogen) atoms. The Kier molecular flexibility index (Phi) is 8.90. The van der Waals surface area contributed by atoms with Crippen LogP contribution in [0.2, 0.25) is 0 Å². The Morgan fingerprint density at radius 2 is 1.56 bits per heavy atom. The lowest BCUT2D eigenvalue weighted by molar-refractivity contribution is -0.148. The first-order chi connectivity index (χ1) is 17.3. The summed E-state index contributed by atoms with van der Waals surface area (Å²) in [4.78, 5) is 24.5. The summed E-state index contributed by atoms with van der Waals surface area (Å²) in [5.74, 6) is -0.539.